The number of nitrogens with two attached hydrogens (primary N) is 1. The molecule has 9 heteroatoms. The van der Waals surface area contributed by atoms with Gasteiger partial charge in [0.1, 0.15) is 11.4 Å². The highest BCUT2D eigenvalue weighted by Crippen LogP contribution is 2.33. The first kappa shape index (κ1) is 28.5. The Morgan fingerprint density at radius 3 is 2.50 bits per heavy atom. The van der Waals surface area contributed by atoms with Gasteiger partial charge in [0.2, 0.25) is 0 Å². The number of ether oxygens (including phenoxy) is 2. The van der Waals surface area contributed by atoms with Gasteiger partial charge < -0.3 is 25.4 Å². The fourth-order valence-corrected chi connectivity index (χ4v) is 6.07. The van der Waals surface area contributed by atoms with Crippen LogP contribution in [0.15, 0.2) is 21.7 Å². The Morgan fingerprint density at radius 1 is 1.08 bits per heavy atom. The van der Waals surface area contributed by atoms with Gasteiger partial charge in [-0.15, -0.1) is 0 Å². The van der Waals surface area contributed by atoms with Crippen molar-refractivity contribution in [2.75, 3.05) is 37.0 Å². The molecule has 3 unspecified atom stereocenters. The quantitative estimate of drug-likeness (QED) is 0.307. The number of methoxy groups -OCH3 is 1. The lowest BCUT2D eigenvalue weighted by molar-refractivity contribution is -0.0589. The van der Waals surface area contributed by atoms with Crippen LogP contribution in [0.2, 0.25) is 0 Å². The maximum Gasteiger partial charge on any atom is 0.253 e. The molecular weight excluding hydrogens is 492 g/mol. The summed E-state index contributed by atoms with van der Waals surface area (Å²) in [6.07, 6.45) is 8.72. The molecule has 3 atom stereocenters. The minimum absolute atomic E-state index is 0.0331. The summed E-state index contributed by atoms with van der Waals surface area (Å²) in [5, 5.41) is 3.31. The van der Waals surface area contributed by atoms with Crippen LogP contribution in [0.25, 0.3) is 0 Å². The molecule has 2 aromatic carbocycles. The van der Waals surface area contributed by atoms with Crippen molar-refractivity contribution in [1.82, 2.24) is 0 Å². The average Bonchev–Trinajstić information content (AvgIpc) is 2.94. The number of nitrogens with zero attached hydrogens (tertiary/aromatic N) is 1. The van der Waals surface area contributed by atoms with Crippen molar-refractivity contribution < 1.29 is 18.3 Å². The third kappa shape index (κ3) is 6.37. The van der Waals surface area contributed by atoms with E-state index in [-0.39, 0.29) is 12.0 Å². The molecule has 0 radical (unpaired) electrons. The Kier molecular flexibility index (Phi) is 9.76. The summed E-state index contributed by atoms with van der Waals surface area (Å²) >= 11 is 0. The molecule has 2 aliphatic rings. The molecule has 0 aromatic heterocycles. The van der Waals surface area contributed by atoms with E-state index in [4.69, 9.17) is 15.2 Å². The average molecular weight is 534 g/mol. The van der Waals surface area contributed by atoms with Crippen LogP contribution in [-0.2, 0) is 11.2 Å². The molecule has 4 rings (SSSR count). The minimum atomic E-state index is -0.769. The zero-order valence-electron chi connectivity index (χ0n) is 22.6. The Balaban J connectivity index is 1.45. The van der Waals surface area contributed by atoms with Crippen LogP contribution >= 0.6 is 0 Å². The Bertz CT molecular complexity index is 1140. The van der Waals surface area contributed by atoms with Gasteiger partial charge in [-0.3, -0.25) is 9.59 Å². The maximum atomic E-state index is 15.2. The van der Waals surface area contributed by atoms with Gasteiger partial charge in [0.15, 0.2) is 23.7 Å². The number of halogens is 2. The van der Waals surface area contributed by atoms with Crippen LogP contribution in [0.5, 0.6) is 5.75 Å². The summed E-state index contributed by atoms with van der Waals surface area (Å²) in [6.45, 7) is 3.37. The molecule has 1 aliphatic heterocycles. The number of hydrogen-bond acceptors (Lipinski definition) is 7. The first-order valence-corrected chi connectivity index (χ1v) is 14.1. The van der Waals surface area contributed by atoms with Crippen molar-refractivity contribution in [1.29, 1.82) is 0 Å². The van der Waals surface area contributed by atoms with Gasteiger partial charge in [-0.2, -0.15) is 0 Å². The van der Waals surface area contributed by atoms with Crippen LogP contribution in [0.1, 0.15) is 70.3 Å². The first-order chi connectivity index (χ1) is 18.4. The van der Waals surface area contributed by atoms with E-state index in [2.05, 4.69) is 5.32 Å². The lowest BCUT2D eigenvalue weighted by Gasteiger charge is -2.36. The minimum Gasteiger partial charge on any atom is -0.459 e. The molecule has 1 saturated heterocycles. The lowest BCUT2D eigenvalue weighted by Crippen LogP contribution is -2.48. The van der Waals surface area contributed by atoms with Gasteiger partial charge in [-0.25, -0.2) is 8.78 Å². The van der Waals surface area contributed by atoms with Crippen molar-refractivity contribution in [2.45, 2.75) is 83.5 Å². The highest BCUT2D eigenvalue weighted by atomic mass is 19.1. The fourth-order valence-electron chi connectivity index (χ4n) is 6.07. The summed E-state index contributed by atoms with van der Waals surface area (Å²) < 4.78 is 40.2. The zero-order valence-corrected chi connectivity index (χ0v) is 22.6. The van der Waals surface area contributed by atoms with Crippen LogP contribution in [0.3, 0.4) is 0 Å². The number of anilines is 2. The van der Waals surface area contributed by atoms with E-state index >= 15 is 4.39 Å². The number of piperidine rings is 1. The molecule has 0 spiro atoms. The van der Waals surface area contributed by atoms with Gasteiger partial charge in [0.05, 0.1) is 0 Å². The standard InChI is InChI=1S/C29H41F2N3O4/c1-3-23(37-2)38-29-22(30)12-11-20(24(29)31)14-19-10-7-13-34(17-19)26-25(27(35)28(26)36)33-21(16-32)15-18-8-5-4-6-9-18/h11-12,18-19,21,23,33H,3-10,13-17,32H2,1-2H3. The first-order valence-electron chi connectivity index (χ1n) is 14.1. The predicted molar refractivity (Wildman–Crippen MR) is 146 cm³/mol. The van der Waals surface area contributed by atoms with E-state index in [0.29, 0.717) is 55.3 Å². The molecule has 2 fully saturated rings. The number of benzene rings is 1. The van der Waals surface area contributed by atoms with E-state index in [1.54, 1.807) is 6.92 Å². The van der Waals surface area contributed by atoms with Crippen molar-refractivity contribution in [2.24, 2.45) is 17.6 Å². The molecule has 1 aliphatic carbocycles. The molecule has 1 heterocycles. The second-order valence-electron chi connectivity index (χ2n) is 10.9. The summed E-state index contributed by atoms with van der Waals surface area (Å²) in [6, 6.07) is 2.62. The summed E-state index contributed by atoms with van der Waals surface area (Å²) in [5.74, 6) is -1.29. The van der Waals surface area contributed by atoms with Crippen molar-refractivity contribution >= 4 is 11.4 Å². The van der Waals surface area contributed by atoms with E-state index in [0.717, 1.165) is 19.3 Å². The molecule has 3 N–H and O–H groups in total. The second-order valence-corrected chi connectivity index (χ2v) is 10.9. The summed E-state index contributed by atoms with van der Waals surface area (Å²) in [5.41, 5.74) is 6.23. The molecule has 0 bridgehead atoms. The lowest BCUT2D eigenvalue weighted by atomic mass is 9.84. The zero-order chi connectivity index (χ0) is 27.2. The van der Waals surface area contributed by atoms with E-state index in [1.807, 2.05) is 4.90 Å². The van der Waals surface area contributed by atoms with E-state index in [9.17, 15) is 14.0 Å². The Labute approximate surface area is 223 Å². The van der Waals surface area contributed by atoms with Gasteiger partial charge >= 0.3 is 0 Å². The van der Waals surface area contributed by atoms with Gasteiger partial charge in [0.25, 0.3) is 10.9 Å². The van der Waals surface area contributed by atoms with Crippen LogP contribution in [0.4, 0.5) is 20.2 Å². The van der Waals surface area contributed by atoms with Crippen molar-refractivity contribution in [3.8, 4) is 5.75 Å². The SMILES string of the molecule is CCC(OC)Oc1c(F)ccc(CC2CCCN(c3c(NC(CN)CC4CCCCC4)c(=O)c3=O)C2)c1F. The van der Waals surface area contributed by atoms with Crippen LogP contribution in [0, 0.1) is 23.5 Å². The molecular formula is C29H41F2N3O4. The topological polar surface area (TPSA) is 93.9 Å². The number of rotatable bonds is 12. The van der Waals surface area contributed by atoms with Crippen molar-refractivity contribution in [3.63, 3.8) is 0 Å². The highest BCUT2D eigenvalue weighted by Gasteiger charge is 2.32. The molecule has 7 nitrogen and oxygen atoms in total. The van der Waals surface area contributed by atoms with Crippen LogP contribution < -0.4 is 31.5 Å². The number of hydrogen-bond donors (Lipinski definition) is 2. The van der Waals surface area contributed by atoms with Gasteiger partial charge in [-0.1, -0.05) is 45.1 Å². The third-order valence-electron chi connectivity index (χ3n) is 8.18. The van der Waals surface area contributed by atoms with E-state index < -0.39 is 34.5 Å². The molecule has 2 aromatic rings. The third-order valence-corrected chi connectivity index (χ3v) is 8.18. The predicted octanol–water partition coefficient (Wildman–Crippen LogP) is 4.49. The Morgan fingerprint density at radius 2 is 1.82 bits per heavy atom. The van der Waals surface area contributed by atoms with Gasteiger partial charge in [-0.05, 0) is 49.1 Å². The maximum absolute atomic E-state index is 15.2. The fraction of sp³-hybridized carbons (Fsp3) is 0.655. The second kappa shape index (κ2) is 13.0. The smallest absolute Gasteiger partial charge is 0.253 e. The molecule has 210 valence electrons. The van der Waals surface area contributed by atoms with E-state index in [1.165, 1.54) is 51.3 Å². The normalized spacial score (nSPS) is 20.4. The Hall–Kier alpha value is -2.52. The molecule has 38 heavy (non-hydrogen) atoms. The summed E-state index contributed by atoms with van der Waals surface area (Å²) in [4.78, 5) is 27.1. The largest absolute Gasteiger partial charge is 0.459 e. The summed E-state index contributed by atoms with van der Waals surface area (Å²) in [7, 11) is 1.43. The number of nitrogens with one attached hydrogen (secondary N) is 1. The van der Waals surface area contributed by atoms with Crippen molar-refractivity contribution in [3.05, 3.63) is 49.8 Å². The van der Waals surface area contributed by atoms with Gasteiger partial charge in [0, 0.05) is 39.2 Å². The highest BCUT2D eigenvalue weighted by molar-refractivity contribution is 5.75. The monoisotopic (exact) mass is 533 g/mol. The molecule has 1 saturated carbocycles. The molecule has 0 amide bonds. The van der Waals surface area contributed by atoms with Crippen LogP contribution in [-0.4, -0.2) is 39.1 Å².